The van der Waals surface area contributed by atoms with Gasteiger partial charge < -0.3 is 4.74 Å². The number of thioether (sulfide) groups is 1. The molecule has 64 valence electrons. The fourth-order valence-corrected chi connectivity index (χ4v) is 3.48. The third kappa shape index (κ3) is 1.73. The Morgan fingerprint density at radius 1 is 1.09 bits per heavy atom. The van der Waals surface area contributed by atoms with Crippen LogP contribution < -0.4 is 0 Å². The van der Waals surface area contributed by atoms with Crippen LogP contribution in [0, 0.1) is 0 Å². The Balaban J connectivity index is 1.94. The number of hydrogen-bond acceptors (Lipinski definition) is 2. The molecule has 0 aromatic carbocycles. The van der Waals surface area contributed by atoms with E-state index in [1.165, 1.54) is 37.9 Å². The molecule has 0 N–H and O–H groups in total. The van der Waals surface area contributed by atoms with Crippen molar-refractivity contribution in [1.29, 1.82) is 0 Å². The predicted molar refractivity (Wildman–Crippen MR) is 49.1 cm³/mol. The molecule has 0 amide bonds. The zero-order chi connectivity index (χ0) is 7.57. The van der Waals surface area contributed by atoms with E-state index < -0.39 is 0 Å². The molecule has 2 rings (SSSR count). The molecule has 1 aliphatic carbocycles. The maximum atomic E-state index is 5.54. The summed E-state index contributed by atoms with van der Waals surface area (Å²) in [6, 6.07) is 0. The summed E-state index contributed by atoms with van der Waals surface area (Å²) in [5.41, 5.74) is 0. The molecule has 1 saturated heterocycles. The van der Waals surface area contributed by atoms with E-state index in [2.05, 4.69) is 11.8 Å². The quantitative estimate of drug-likeness (QED) is 0.555. The van der Waals surface area contributed by atoms with Crippen molar-refractivity contribution in [3.63, 3.8) is 0 Å². The van der Waals surface area contributed by atoms with Crippen LogP contribution in [-0.2, 0) is 4.74 Å². The zero-order valence-electron chi connectivity index (χ0n) is 6.97. The van der Waals surface area contributed by atoms with E-state index in [9.17, 15) is 0 Å². The number of rotatable bonds is 0. The molecule has 0 aromatic rings. The van der Waals surface area contributed by atoms with E-state index in [4.69, 9.17) is 4.74 Å². The average Bonchev–Trinajstić information content (AvgIpc) is 2.07. The lowest BCUT2D eigenvalue weighted by molar-refractivity contribution is 0.101. The van der Waals surface area contributed by atoms with Gasteiger partial charge in [-0.05, 0) is 12.8 Å². The van der Waals surface area contributed by atoms with Gasteiger partial charge in [0, 0.05) is 10.5 Å². The maximum Gasteiger partial charge on any atom is 0.0613 e. The third-order valence-electron chi connectivity index (χ3n) is 2.77. The molecule has 1 nitrogen and oxygen atoms in total. The van der Waals surface area contributed by atoms with Crippen LogP contribution in [0.1, 0.15) is 32.1 Å². The van der Waals surface area contributed by atoms with Crippen LogP contribution in [0.4, 0.5) is 0 Å². The minimum absolute atomic E-state index is 0.552. The lowest BCUT2D eigenvalue weighted by atomic mass is 9.89. The molecule has 1 saturated carbocycles. The van der Waals surface area contributed by atoms with Crippen molar-refractivity contribution in [3.8, 4) is 0 Å². The Hall–Kier alpha value is 0.310. The van der Waals surface area contributed by atoms with Crippen LogP contribution in [0.25, 0.3) is 0 Å². The summed E-state index contributed by atoms with van der Waals surface area (Å²) in [7, 11) is 0. The van der Waals surface area contributed by atoms with E-state index in [-0.39, 0.29) is 0 Å². The highest BCUT2D eigenvalue weighted by molar-refractivity contribution is 8.00. The minimum Gasteiger partial charge on any atom is -0.379 e. The highest BCUT2D eigenvalue weighted by Gasteiger charge is 2.34. The summed E-state index contributed by atoms with van der Waals surface area (Å²) >= 11 is 2.16. The fraction of sp³-hybridized carbons (Fsp3) is 1.00. The number of ether oxygens (including phenoxy) is 1. The smallest absolute Gasteiger partial charge is 0.0613 e. The van der Waals surface area contributed by atoms with Gasteiger partial charge in [0.05, 0.1) is 13.2 Å². The van der Waals surface area contributed by atoms with Gasteiger partial charge in [0.1, 0.15) is 0 Å². The molecule has 1 aliphatic heterocycles. The van der Waals surface area contributed by atoms with Gasteiger partial charge in [-0.1, -0.05) is 19.3 Å². The van der Waals surface area contributed by atoms with E-state index in [1.54, 1.807) is 0 Å². The summed E-state index contributed by atoms with van der Waals surface area (Å²) in [5, 5.41) is 0. The fourth-order valence-electron chi connectivity index (χ4n) is 2.10. The van der Waals surface area contributed by atoms with Gasteiger partial charge in [0.2, 0.25) is 0 Å². The molecule has 0 radical (unpaired) electrons. The summed E-state index contributed by atoms with van der Waals surface area (Å²) in [5.74, 6) is 1.22. The second-order valence-corrected chi connectivity index (χ2v) is 5.21. The lowest BCUT2D eigenvalue weighted by Crippen LogP contribution is -2.37. The van der Waals surface area contributed by atoms with Crippen molar-refractivity contribution in [2.24, 2.45) is 0 Å². The molecule has 0 aromatic heterocycles. The molecule has 11 heavy (non-hydrogen) atoms. The Morgan fingerprint density at radius 3 is 2.55 bits per heavy atom. The Morgan fingerprint density at radius 2 is 1.91 bits per heavy atom. The van der Waals surface area contributed by atoms with Gasteiger partial charge in [-0.15, -0.1) is 0 Å². The maximum absolute atomic E-state index is 5.54. The third-order valence-corrected chi connectivity index (χ3v) is 4.28. The van der Waals surface area contributed by atoms with Gasteiger partial charge in [0.15, 0.2) is 0 Å². The molecule has 0 atom stereocenters. The van der Waals surface area contributed by atoms with Crippen molar-refractivity contribution >= 4 is 11.8 Å². The van der Waals surface area contributed by atoms with E-state index in [0.29, 0.717) is 4.75 Å². The summed E-state index contributed by atoms with van der Waals surface area (Å²) in [6.07, 6.45) is 7.10. The normalized spacial score (nSPS) is 30.5. The van der Waals surface area contributed by atoms with Gasteiger partial charge >= 0.3 is 0 Å². The van der Waals surface area contributed by atoms with Gasteiger partial charge in [-0.2, -0.15) is 11.8 Å². The Labute approximate surface area is 72.9 Å². The van der Waals surface area contributed by atoms with E-state index >= 15 is 0 Å². The average molecular weight is 172 g/mol. The number of hydrogen-bond donors (Lipinski definition) is 0. The summed E-state index contributed by atoms with van der Waals surface area (Å²) < 4.78 is 6.09. The van der Waals surface area contributed by atoms with Crippen LogP contribution in [0.15, 0.2) is 0 Å². The van der Waals surface area contributed by atoms with Crippen LogP contribution >= 0.6 is 11.8 Å². The molecule has 1 spiro atoms. The van der Waals surface area contributed by atoms with E-state index in [0.717, 1.165) is 13.2 Å². The van der Waals surface area contributed by atoms with Crippen molar-refractivity contribution in [3.05, 3.63) is 0 Å². The first kappa shape index (κ1) is 7.93. The monoisotopic (exact) mass is 172 g/mol. The van der Waals surface area contributed by atoms with Gasteiger partial charge in [0.25, 0.3) is 0 Å². The van der Waals surface area contributed by atoms with Crippen molar-refractivity contribution < 1.29 is 4.74 Å². The highest BCUT2D eigenvalue weighted by atomic mass is 32.2. The van der Waals surface area contributed by atoms with Crippen LogP contribution in [0.5, 0.6) is 0 Å². The highest BCUT2D eigenvalue weighted by Crippen LogP contribution is 2.41. The topological polar surface area (TPSA) is 9.23 Å². The lowest BCUT2D eigenvalue weighted by Gasteiger charge is -2.39. The Bertz CT molecular complexity index is 104. The SMILES string of the molecule is C1CCC2(CC1)COCCS2. The largest absolute Gasteiger partial charge is 0.379 e. The molecular weight excluding hydrogens is 156 g/mol. The first-order chi connectivity index (χ1) is 5.41. The van der Waals surface area contributed by atoms with Gasteiger partial charge in [-0.3, -0.25) is 0 Å². The summed E-state index contributed by atoms with van der Waals surface area (Å²) in [6.45, 7) is 2.00. The van der Waals surface area contributed by atoms with Crippen LogP contribution in [0.3, 0.4) is 0 Å². The zero-order valence-corrected chi connectivity index (χ0v) is 7.79. The molecule has 2 fully saturated rings. The molecule has 0 bridgehead atoms. The summed E-state index contributed by atoms with van der Waals surface area (Å²) in [4.78, 5) is 0. The second-order valence-electron chi connectivity index (χ2n) is 3.64. The molecule has 2 aliphatic rings. The molecule has 2 heteroatoms. The first-order valence-corrected chi connectivity index (χ1v) is 5.62. The molecule has 0 unspecified atom stereocenters. The minimum atomic E-state index is 0.552. The predicted octanol–water partition coefficient (Wildman–Crippen LogP) is 2.45. The van der Waals surface area contributed by atoms with E-state index in [1.807, 2.05) is 0 Å². The van der Waals surface area contributed by atoms with Crippen molar-refractivity contribution in [1.82, 2.24) is 0 Å². The van der Waals surface area contributed by atoms with Crippen LogP contribution in [-0.4, -0.2) is 23.7 Å². The standard InChI is InChI=1S/C9H16OS/c1-2-4-9(5-3-1)8-10-6-7-11-9/h1-8H2. The van der Waals surface area contributed by atoms with Crippen molar-refractivity contribution in [2.45, 2.75) is 36.9 Å². The van der Waals surface area contributed by atoms with Crippen LogP contribution in [0.2, 0.25) is 0 Å². The first-order valence-electron chi connectivity index (χ1n) is 4.63. The van der Waals surface area contributed by atoms with Gasteiger partial charge in [-0.25, -0.2) is 0 Å². The van der Waals surface area contributed by atoms with Crippen molar-refractivity contribution in [2.75, 3.05) is 19.0 Å². The second kappa shape index (κ2) is 3.36. The molecular formula is C9H16OS. The Kier molecular flexibility index (Phi) is 2.42. The molecule has 1 heterocycles.